The first-order valence-electron chi connectivity index (χ1n) is 4.28. The highest BCUT2D eigenvalue weighted by Gasteiger charge is 2.09. The molecule has 13 heavy (non-hydrogen) atoms. The quantitative estimate of drug-likeness (QED) is 0.364. The van der Waals surface area contributed by atoms with Crippen LogP contribution in [0.2, 0.25) is 0 Å². The van der Waals surface area contributed by atoms with Crippen molar-refractivity contribution in [2.75, 3.05) is 26.7 Å². The maximum atomic E-state index is 5.24. The molecule has 1 aliphatic rings. The predicted molar refractivity (Wildman–Crippen MR) is 53.5 cm³/mol. The van der Waals surface area contributed by atoms with Crippen molar-refractivity contribution in [2.45, 2.75) is 6.42 Å². The van der Waals surface area contributed by atoms with Gasteiger partial charge in [-0.3, -0.25) is 4.90 Å². The zero-order chi connectivity index (χ0) is 9.52. The first-order chi connectivity index (χ1) is 6.36. The van der Waals surface area contributed by atoms with Gasteiger partial charge in [0.15, 0.2) is 0 Å². The average Bonchev–Trinajstić information content (AvgIpc) is 2.16. The second-order valence-electron chi connectivity index (χ2n) is 2.90. The van der Waals surface area contributed by atoms with E-state index in [4.69, 9.17) is 6.42 Å². The highest BCUT2D eigenvalue weighted by atomic mass is 16.6. The van der Waals surface area contributed by atoms with E-state index >= 15 is 0 Å². The lowest BCUT2D eigenvalue weighted by atomic mass is 10.1. The predicted octanol–water partition coefficient (Wildman–Crippen LogP) is 0.884. The Balaban J connectivity index is 2.45. The van der Waals surface area contributed by atoms with E-state index in [1.165, 1.54) is 5.57 Å². The van der Waals surface area contributed by atoms with Crippen LogP contribution in [0.3, 0.4) is 0 Å². The zero-order valence-electron chi connectivity index (χ0n) is 7.86. The molecule has 0 saturated heterocycles. The lowest BCUT2D eigenvalue weighted by Gasteiger charge is -2.23. The van der Waals surface area contributed by atoms with E-state index in [-0.39, 0.29) is 0 Å². The summed E-state index contributed by atoms with van der Waals surface area (Å²) in [6.07, 6.45) is 10.2. The molecule has 0 aliphatic carbocycles. The third kappa shape index (κ3) is 3.30. The minimum absolute atomic E-state index is 0.707. The molecule has 1 heterocycles. The molecule has 0 saturated carbocycles. The van der Waals surface area contributed by atoms with Crippen LogP contribution in [0.15, 0.2) is 16.8 Å². The highest BCUT2D eigenvalue weighted by molar-refractivity contribution is 5.78. The Labute approximate surface area is 79.1 Å². The largest absolute Gasteiger partial charge is 0.399 e. The second-order valence-corrected chi connectivity index (χ2v) is 2.90. The van der Waals surface area contributed by atoms with Crippen molar-refractivity contribution in [1.29, 1.82) is 0 Å². The van der Waals surface area contributed by atoms with Crippen LogP contribution in [0.25, 0.3) is 0 Å². The Hall–Kier alpha value is -1.27. The van der Waals surface area contributed by atoms with Gasteiger partial charge in [-0.15, -0.1) is 6.42 Å². The summed E-state index contributed by atoms with van der Waals surface area (Å²) in [5.41, 5.74) is 1.17. The summed E-state index contributed by atoms with van der Waals surface area (Å²) >= 11 is 0. The molecule has 0 aromatic carbocycles. The molecule has 0 N–H and O–H groups in total. The summed E-state index contributed by atoms with van der Waals surface area (Å²) in [5.74, 6) is 2.64. The van der Waals surface area contributed by atoms with Gasteiger partial charge in [-0.1, -0.05) is 17.2 Å². The van der Waals surface area contributed by atoms with Gasteiger partial charge in [-0.25, -0.2) is 0 Å². The minimum Gasteiger partial charge on any atom is -0.399 e. The van der Waals surface area contributed by atoms with Gasteiger partial charge in [-0.2, -0.15) is 0 Å². The maximum absolute atomic E-state index is 5.24. The van der Waals surface area contributed by atoms with Crippen LogP contribution in [-0.2, 0) is 4.84 Å². The van der Waals surface area contributed by atoms with Crippen molar-refractivity contribution >= 4 is 6.21 Å². The molecule has 0 spiro atoms. The number of hydrogen-bond acceptors (Lipinski definition) is 3. The second kappa shape index (κ2) is 5.39. The van der Waals surface area contributed by atoms with Crippen molar-refractivity contribution in [3.05, 3.63) is 11.6 Å². The molecule has 0 amide bonds. The number of hydrogen-bond donors (Lipinski definition) is 0. The Kier molecular flexibility index (Phi) is 4.07. The molecule has 1 rings (SSSR count). The standard InChI is InChI=1S/C10H14N2O/c1-3-6-12-7-4-5-10(9-12)8-11-13-2/h1,5,8H,4,6-7,9H2,2H3/b11-8+. The third-order valence-corrected chi connectivity index (χ3v) is 1.90. The molecule has 0 aromatic heterocycles. The molecular weight excluding hydrogens is 164 g/mol. The molecule has 0 aromatic rings. The molecule has 0 unspecified atom stereocenters. The fourth-order valence-electron chi connectivity index (χ4n) is 1.31. The molecule has 0 atom stereocenters. The number of rotatable bonds is 3. The Morgan fingerprint density at radius 2 is 2.69 bits per heavy atom. The van der Waals surface area contributed by atoms with E-state index in [2.05, 4.69) is 26.9 Å². The van der Waals surface area contributed by atoms with Crippen LogP contribution in [0.1, 0.15) is 6.42 Å². The van der Waals surface area contributed by atoms with Gasteiger partial charge in [-0.05, 0) is 12.0 Å². The molecule has 1 aliphatic heterocycles. The summed E-state index contributed by atoms with van der Waals surface area (Å²) in [6, 6.07) is 0. The van der Waals surface area contributed by atoms with E-state index in [1.807, 2.05) is 0 Å². The van der Waals surface area contributed by atoms with Gasteiger partial charge >= 0.3 is 0 Å². The molecule has 0 radical (unpaired) electrons. The van der Waals surface area contributed by atoms with E-state index in [0.717, 1.165) is 19.5 Å². The van der Waals surface area contributed by atoms with Crippen LogP contribution in [0, 0.1) is 12.3 Å². The molecular formula is C10H14N2O. The first-order valence-corrected chi connectivity index (χ1v) is 4.28. The van der Waals surface area contributed by atoms with Crippen LogP contribution < -0.4 is 0 Å². The van der Waals surface area contributed by atoms with Crippen LogP contribution in [0.4, 0.5) is 0 Å². The van der Waals surface area contributed by atoms with Crippen LogP contribution >= 0.6 is 0 Å². The van der Waals surface area contributed by atoms with Crippen LogP contribution in [0.5, 0.6) is 0 Å². The summed E-state index contributed by atoms with van der Waals surface area (Å²) < 4.78 is 0. The van der Waals surface area contributed by atoms with Crippen molar-refractivity contribution < 1.29 is 4.84 Å². The summed E-state index contributed by atoms with van der Waals surface area (Å²) in [7, 11) is 1.54. The van der Waals surface area contributed by atoms with Gasteiger partial charge in [0.1, 0.15) is 7.11 Å². The summed E-state index contributed by atoms with van der Waals surface area (Å²) in [5, 5.41) is 3.72. The topological polar surface area (TPSA) is 24.8 Å². The SMILES string of the molecule is C#CCN1CCC=C(/C=N/OC)C1. The average molecular weight is 178 g/mol. The van der Waals surface area contributed by atoms with Gasteiger partial charge in [0.05, 0.1) is 12.8 Å². The van der Waals surface area contributed by atoms with Gasteiger partial charge < -0.3 is 4.84 Å². The van der Waals surface area contributed by atoms with Gasteiger partial charge in [0, 0.05) is 13.1 Å². The Morgan fingerprint density at radius 1 is 1.85 bits per heavy atom. The smallest absolute Gasteiger partial charge is 0.106 e. The monoisotopic (exact) mass is 178 g/mol. The number of oxime groups is 1. The van der Waals surface area contributed by atoms with Crippen molar-refractivity contribution in [3.8, 4) is 12.3 Å². The normalized spacial score (nSPS) is 18.3. The van der Waals surface area contributed by atoms with E-state index < -0.39 is 0 Å². The fourth-order valence-corrected chi connectivity index (χ4v) is 1.31. The molecule has 0 bridgehead atoms. The zero-order valence-corrected chi connectivity index (χ0v) is 7.86. The van der Waals surface area contributed by atoms with Crippen molar-refractivity contribution in [3.63, 3.8) is 0 Å². The first kappa shape index (κ1) is 9.82. The van der Waals surface area contributed by atoms with E-state index in [9.17, 15) is 0 Å². The molecule has 3 nitrogen and oxygen atoms in total. The summed E-state index contributed by atoms with van der Waals surface area (Å²) in [4.78, 5) is 6.81. The maximum Gasteiger partial charge on any atom is 0.106 e. The lowest BCUT2D eigenvalue weighted by molar-refractivity contribution is 0.215. The molecule has 70 valence electrons. The number of terminal acetylenes is 1. The minimum atomic E-state index is 0.707. The fraction of sp³-hybridized carbons (Fsp3) is 0.500. The van der Waals surface area contributed by atoms with Crippen molar-refractivity contribution in [1.82, 2.24) is 4.90 Å². The lowest BCUT2D eigenvalue weighted by Crippen LogP contribution is -2.30. The van der Waals surface area contributed by atoms with Crippen molar-refractivity contribution in [2.24, 2.45) is 5.16 Å². The Morgan fingerprint density at radius 3 is 3.38 bits per heavy atom. The molecule has 0 fully saturated rings. The van der Waals surface area contributed by atoms with E-state index in [0.29, 0.717) is 6.54 Å². The van der Waals surface area contributed by atoms with Gasteiger partial charge in [0.25, 0.3) is 0 Å². The summed E-state index contributed by atoms with van der Waals surface area (Å²) in [6.45, 7) is 2.61. The molecule has 3 heteroatoms. The number of nitrogens with zero attached hydrogens (tertiary/aromatic N) is 2. The Bertz CT molecular complexity index is 250. The van der Waals surface area contributed by atoms with Gasteiger partial charge in [0.2, 0.25) is 0 Å². The van der Waals surface area contributed by atoms with E-state index in [1.54, 1.807) is 13.3 Å². The third-order valence-electron chi connectivity index (χ3n) is 1.90. The highest BCUT2D eigenvalue weighted by Crippen LogP contribution is 2.06. The van der Waals surface area contributed by atoms with Crippen LogP contribution in [-0.4, -0.2) is 37.9 Å².